The van der Waals surface area contributed by atoms with Crippen molar-refractivity contribution in [3.63, 3.8) is 0 Å². The highest BCUT2D eigenvalue weighted by atomic mass is 32.2. The molecule has 1 aliphatic heterocycles. The highest BCUT2D eigenvalue weighted by Crippen LogP contribution is 2.22. The van der Waals surface area contributed by atoms with Crippen LogP contribution in [-0.2, 0) is 14.8 Å². The maximum atomic E-state index is 12.5. The molecule has 0 unspecified atom stereocenters. The van der Waals surface area contributed by atoms with Crippen LogP contribution in [-0.4, -0.2) is 42.6 Å². The van der Waals surface area contributed by atoms with Crippen LogP contribution in [0.2, 0.25) is 0 Å². The van der Waals surface area contributed by atoms with Crippen molar-refractivity contribution >= 4 is 21.7 Å². The Labute approximate surface area is 129 Å². The molecule has 2 rings (SSSR count). The van der Waals surface area contributed by atoms with Gasteiger partial charge in [0.2, 0.25) is 0 Å². The molecule has 0 bridgehead atoms. The Bertz CT molecular complexity index is 670. The number of amides is 1. The second-order valence-electron chi connectivity index (χ2n) is 5.30. The third-order valence-electron chi connectivity index (χ3n) is 3.66. The fourth-order valence-corrected chi connectivity index (χ4v) is 3.06. The Hall–Kier alpha value is -1.80. The van der Waals surface area contributed by atoms with Crippen LogP contribution in [0, 0.1) is 0 Å². The van der Waals surface area contributed by atoms with Crippen LogP contribution in [0.15, 0.2) is 23.4 Å². The van der Waals surface area contributed by atoms with Crippen LogP contribution in [0.5, 0.6) is 0 Å². The second kappa shape index (κ2) is 6.53. The lowest BCUT2D eigenvalue weighted by Gasteiger charge is -2.23. The minimum Gasteiger partial charge on any atom is -0.329 e. The first-order chi connectivity index (χ1) is 10.3. The lowest BCUT2D eigenvalue weighted by molar-refractivity contribution is -0.122. The third-order valence-corrected chi connectivity index (χ3v) is 4.48. The standard InChI is InChI=1S/C14H19N3O4S/c1-2-4-12(18)11-5-3-8-17(11)14(19)10-6-7-13(16-9-10)22(15,20)21/h6-7,9,11H,2-5,8H2,1H3,(H2,15,20,21)/t11-/m1/s1. The molecular weight excluding hydrogens is 306 g/mol. The number of sulfonamides is 1. The molecule has 0 radical (unpaired) electrons. The van der Waals surface area contributed by atoms with Crippen molar-refractivity contribution in [1.82, 2.24) is 9.88 Å². The van der Waals surface area contributed by atoms with Crippen molar-refractivity contribution in [3.8, 4) is 0 Å². The van der Waals surface area contributed by atoms with Crippen molar-refractivity contribution < 1.29 is 18.0 Å². The van der Waals surface area contributed by atoms with Gasteiger partial charge >= 0.3 is 0 Å². The van der Waals surface area contributed by atoms with Crippen LogP contribution >= 0.6 is 0 Å². The van der Waals surface area contributed by atoms with Gasteiger partial charge in [0.1, 0.15) is 0 Å². The molecular formula is C14H19N3O4S. The number of rotatable bonds is 5. The maximum absolute atomic E-state index is 12.5. The zero-order chi connectivity index (χ0) is 16.3. The summed E-state index contributed by atoms with van der Waals surface area (Å²) in [7, 11) is -3.89. The van der Waals surface area contributed by atoms with E-state index in [4.69, 9.17) is 5.14 Å². The molecule has 1 saturated heterocycles. The topological polar surface area (TPSA) is 110 Å². The van der Waals surface area contributed by atoms with Crippen molar-refractivity contribution in [2.75, 3.05) is 6.54 Å². The Morgan fingerprint density at radius 2 is 2.14 bits per heavy atom. The summed E-state index contributed by atoms with van der Waals surface area (Å²) in [6.45, 7) is 2.45. The van der Waals surface area contributed by atoms with Gasteiger partial charge in [-0.05, 0) is 31.4 Å². The van der Waals surface area contributed by atoms with Gasteiger partial charge in [0.05, 0.1) is 11.6 Å². The van der Waals surface area contributed by atoms with Crippen molar-refractivity contribution in [1.29, 1.82) is 0 Å². The molecule has 0 aliphatic carbocycles. The Kier molecular flexibility index (Phi) is 4.92. The van der Waals surface area contributed by atoms with E-state index in [0.717, 1.165) is 12.8 Å². The molecule has 2 N–H and O–H groups in total. The number of nitrogens with zero attached hydrogens (tertiary/aromatic N) is 2. The first kappa shape index (κ1) is 16.6. The van der Waals surface area contributed by atoms with Crippen LogP contribution in [0.1, 0.15) is 43.0 Å². The summed E-state index contributed by atoms with van der Waals surface area (Å²) < 4.78 is 22.3. The summed E-state index contributed by atoms with van der Waals surface area (Å²) in [5.74, 6) is -0.233. The minimum atomic E-state index is -3.89. The van der Waals surface area contributed by atoms with E-state index in [9.17, 15) is 18.0 Å². The molecule has 0 saturated carbocycles. The Morgan fingerprint density at radius 3 is 2.68 bits per heavy atom. The molecule has 1 aromatic heterocycles. The van der Waals surface area contributed by atoms with E-state index < -0.39 is 10.0 Å². The summed E-state index contributed by atoms with van der Waals surface area (Å²) in [6, 6.07) is 2.18. The smallest absolute Gasteiger partial charge is 0.256 e. The molecule has 1 amide bonds. The zero-order valence-electron chi connectivity index (χ0n) is 12.4. The van der Waals surface area contributed by atoms with Crippen molar-refractivity contribution in [2.24, 2.45) is 5.14 Å². The van der Waals surface area contributed by atoms with Crippen molar-refractivity contribution in [3.05, 3.63) is 23.9 Å². The van der Waals surface area contributed by atoms with Gasteiger partial charge in [0.15, 0.2) is 10.8 Å². The van der Waals surface area contributed by atoms with Gasteiger partial charge in [-0.25, -0.2) is 18.5 Å². The average molecular weight is 325 g/mol. The number of carbonyl (C=O) groups is 2. The van der Waals surface area contributed by atoms with Gasteiger partial charge in [0.25, 0.3) is 15.9 Å². The first-order valence-corrected chi connectivity index (χ1v) is 8.71. The van der Waals surface area contributed by atoms with E-state index in [2.05, 4.69) is 4.98 Å². The van der Waals surface area contributed by atoms with Crippen molar-refractivity contribution in [2.45, 2.75) is 43.7 Å². The summed E-state index contributed by atoms with van der Waals surface area (Å²) in [4.78, 5) is 29.8. The predicted octanol–water partition coefficient (Wildman–Crippen LogP) is 0.703. The molecule has 1 fully saturated rings. The van der Waals surface area contributed by atoms with Crippen LogP contribution in [0.25, 0.3) is 0 Å². The predicted molar refractivity (Wildman–Crippen MR) is 79.6 cm³/mol. The van der Waals surface area contributed by atoms with Gasteiger partial charge < -0.3 is 4.90 Å². The van der Waals surface area contributed by atoms with Gasteiger partial charge in [0, 0.05) is 19.2 Å². The molecule has 22 heavy (non-hydrogen) atoms. The molecule has 8 heteroatoms. The quantitative estimate of drug-likeness (QED) is 0.857. The molecule has 2 heterocycles. The minimum absolute atomic E-state index is 0.0717. The highest BCUT2D eigenvalue weighted by molar-refractivity contribution is 7.89. The molecule has 7 nitrogen and oxygen atoms in total. The molecule has 1 aromatic rings. The zero-order valence-corrected chi connectivity index (χ0v) is 13.2. The first-order valence-electron chi connectivity index (χ1n) is 7.17. The monoisotopic (exact) mass is 325 g/mol. The number of aromatic nitrogens is 1. The lowest BCUT2D eigenvalue weighted by Crippen LogP contribution is -2.40. The van der Waals surface area contributed by atoms with Gasteiger partial charge in [-0.3, -0.25) is 9.59 Å². The number of carbonyl (C=O) groups excluding carboxylic acids is 2. The fourth-order valence-electron chi connectivity index (χ4n) is 2.60. The van der Waals surface area contributed by atoms with E-state index in [1.165, 1.54) is 18.3 Å². The second-order valence-corrected chi connectivity index (χ2v) is 6.81. The summed E-state index contributed by atoms with van der Waals surface area (Å²) in [6.07, 6.45) is 3.85. The largest absolute Gasteiger partial charge is 0.329 e. The van der Waals surface area contributed by atoms with E-state index in [0.29, 0.717) is 19.4 Å². The summed E-state index contributed by atoms with van der Waals surface area (Å²) >= 11 is 0. The Morgan fingerprint density at radius 1 is 1.41 bits per heavy atom. The normalized spacial score (nSPS) is 18.5. The van der Waals surface area contributed by atoms with Crippen LogP contribution in [0.3, 0.4) is 0 Å². The van der Waals surface area contributed by atoms with E-state index in [1.54, 1.807) is 4.90 Å². The lowest BCUT2D eigenvalue weighted by atomic mass is 10.1. The Balaban J connectivity index is 2.18. The number of pyridine rings is 1. The van der Waals surface area contributed by atoms with Crippen LogP contribution < -0.4 is 5.14 Å². The molecule has 120 valence electrons. The maximum Gasteiger partial charge on any atom is 0.256 e. The molecule has 0 spiro atoms. The fraction of sp³-hybridized carbons (Fsp3) is 0.500. The van der Waals surface area contributed by atoms with E-state index in [1.807, 2.05) is 6.92 Å². The average Bonchev–Trinajstić information content (AvgIpc) is 2.95. The summed E-state index contributed by atoms with van der Waals surface area (Å²) in [5, 5.41) is 4.68. The van der Waals surface area contributed by atoms with E-state index >= 15 is 0 Å². The summed E-state index contributed by atoms with van der Waals surface area (Å²) in [5.41, 5.74) is 0.253. The number of primary sulfonamides is 1. The van der Waals surface area contributed by atoms with E-state index in [-0.39, 0.29) is 28.3 Å². The number of hydrogen-bond donors (Lipinski definition) is 1. The van der Waals surface area contributed by atoms with Crippen LogP contribution in [0.4, 0.5) is 0 Å². The number of nitrogens with two attached hydrogens (primary N) is 1. The number of Topliss-reactive ketones (excluding diaryl/α,β-unsaturated/α-hetero) is 1. The molecule has 1 atom stereocenters. The highest BCUT2D eigenvalue weighted by Gasteiger charge is 2.33. The molecule has 1 aliphatic rings. The van der Waals surface area contributed by atoms with Gasteiger partial charge in [-0.2, -0.15) is 0 Å². The molecule has 0 aromatic carbocycles. The number of hydrogen-bond acceptors (Lipinski definition) is 5. The SMILES string of the molecule is CCCC(=O)[C@H]1CCCN1C(=O)c1ccc(S(N)(=O)=O)nc1. The van der Waals surface area contributed by atoms with Gasteiger partial charge in [-0.15, -0.1) is 0 Å². The van der Waals surface area contributed by atoms with Gasteiger partial charge in [-0.1, -0.05) is 6.92 Å². The number of ketones is 1. The number of likely N-dealkylation sites (tertiary alicyclic amines) is 1. The third kappa shape index (κ3) is 3.50.